The van der Waals surface area contributed by atoms with Gasteiger partial charge in [0.05, 0.1) is 11.6 Å². The van der Waals surface area contributed by atoms with Crippen LogP contribution in [0.3, 0.4) is 0 Å². The fourth-order valence-electron chi connectivity index (χ4n) is 1.30. The second-order valence-electron chi connectivity index (χ2n) is 3.50. The average molecular weight is 228 g/mol. The lowest BCUT2D eigenvalue weighted by Crippen LogP contribution is -2.05. The molecule has 0 aliphatic rings. The maximum absolute atomic E-state index is 6.09. The molecule has 84 valence electrons. The van der Waals surface area contributed by atoms with Crippen molar-refractivity contribution in [1.29, 1.82) is 0 Å². The largest absolute Gasteiger partial charge is 0.492 e. The van der Waals surface area contributed by atoms with Crippen LogP contribution in [0.25, 0.3) is 0 Å². The van der Waals surface area contributed by atoms with Crippen molar-refractivity contribution >= 4 is 11.6 Å². The lowest BCUT2D eigenvalue weighted by Gasteiger charge is -2.08. The molecule has 0 saturated heterocycles. The predicted octanol–water partition coefficient (Wildman–Crippen LogP) is 3.24. The lowest BCUT2D eigenvalue weighted by molar-refractivity contribution is 0.309. The highest BCUT2D eigenvalue weighted by Crippen LogP contribution is 2.25. The summed E-state index contributed by atoms with van der Waals surface area (Å²) in [5.74, 6) is 0.782. The fourth-order valence-corrected chi connectivity index (χ4v) is 1.56. The molecule has 0 heterocycles. The van der Waals surface area contributed by atoms with E-state index in [0.717, 1.165) is 31.7 Å². The predicted molar refractivity (Wildman–Crippen MR) is 64.6 cm³/mol. The Morgan fingerprint density at radius 1 is 1.40 bits per heavy atom. The molecule has 0 saturated carbocycles. The first-order valence-electron chi connectivity index (χ1n) is 5.33. The molecule has 0 fully saturated rings. The minimum atomic E-state index is 0.693. The maximum Gasteiger partial charge on any atom is 0.137 e. The Kier molecular flexibility index (Phi) is 5.51. The molecule has 0 aliphatic heterocycles. The molecule has 0 aliphatic carbocycles. The summed E-state index contributed by atoms with van der Waals surface area (Å²) in [5, 5.41) is 3.78. The van der Waals surface area contributed by atoms with Crippen molar-refractivity contribution in [1.82, 2.24) is 5.32 Å². The van der Waals surface area contributed by atoms with Crippen molar-refractivity contribution in [3.8, 4) is 5.75 Å². The zero-order valence-corrected chi connectivity index (χ0v) is 10.1. The molecule has 15 heavy (non-hydrogen) atoms. The van der Waals surface area contributed by atoms with Crippen LogP contribution in [0.2, 0.25) is 5.02 Å². The Balaban J connectivity index is 2.58. The summed E-state index contributed by atoms with van der Waals surface area (Å²) >= 11 is 6.09. The Labute approximate surface area is 96.6 Å². The van der Waals surface area contributed by atoms with Gasteiger partial charge < -0.3 is 10.1 Å². The van der Waals surface area contributed by atoms with Crippen molar-refractivity contribution in [2.45, 2.75) is 26.3 Å². The molecular weight excluding hydrogens is 210 g/mol. The van der Waals surface area contributed by atoms with Gasteiger partial charge in [0.25, 0.3) is 0 Å². The normalized spacial score (nSPS) is 10.3. The second kappa shape index (κ2) is 6.70. The van der Waals surface area contributed by atoms with Gasteiger partial charge in [0, 0.05) is 6.54 Å². The van der Waals surface area contributed by atoms with E-state index in [1.807, 2.05) is 25.2 Å². The van der Waals surface area contributed by atoms with E-state index in [9.17, 15) is 0 Å². The van der Waals surface area contributed by atoms with Crippen LogP contribution in [-0.2, 0) is 6.54 Å². The molecular formula is C12H18ClNO. The molecule has 0 spiro atoms. The van der Waals surface area contributed by atoms with E-state index >= 15 is 0 Å². The van der Waals surface area contributed by atoms with Crippen LogP contribution >= 0.6 is 11.6 Å². The summed E-state index contributed by atoms with van der Waals surface area (Å²) in [6.45, 7) is 3.71. The third-order valence-corrected chi connectivity index (χ3v) is 2.43. The van der Waals surface area contributed by atoms with Gasteiger partial charge in [-0.05, 0) is 31.2 Å². The van der Waals surface area contributed by atoms with Crippen LogP contribution in [0.5, 0.6) is 5.75 Å². The Morgan fingerprint density at radius 3 is 2.80 bits per heavy atom. The first-order chi connectivity index (χ1) is 7.27. The Hall–Kier alpha value is -0.730. The molecule has 1 rings (SSSR count). The number of hydrogen-bond donors (Lipinski definition) is 1. The highest BCUT2D eigenvalue weighted by Gasteiger charge is 2.02. The number of ether oxygens (including phenoxy) is 1. The summed E-state index contributed by atoms with van der Waals surface area (Å²) in [4.78, 5) is 0. The first kappa shape index (κ1) is 12.3. The first-order valence-corrected chi connectivity index (χ1v) is 5.71. The molecule has 0 amide bonds. The van der Waals surface area contributed by atoms with Gasteiger partial charge in [0.1, 0.15) is 5.75 Å². The molecule has 0 unspecified atom stereocenters. The molecule has 1 aromatic rings. The molecule has 1 N–H and O–H groups in total. The van der Waals surface area contributed by atoms with Gasteiger partial charge in [-0.2, -0.15) is 0 Å². The monoisotopic (exact) mass is 227 g/mol. The zero-order valence-electron chi connectivity index (χ0n) is 9.35. The summed E-state index contributed by atoms with van der Waals surface area (Å²) in [5.41, 5.74) is 1.17. The molecule has 3 heteroatoms. The van der Waals surface area contributed by atoms with Crippen LogP contribution in [0, 0.1) is 0 Å². The number of nitrogens with one attached hydrogen (secondary N) is 1. The van der Waals surface area contributed by atoms with Crippen LogP contribution in [0.4, 0.5) is 0 Å². The van der Waals surface area contributed by atoms with Crippen LogP contribution < -0.4 is 10.1 Å². The van der Waals surface area contributed by atoms with Gasteiger partial charge in [-0.3, -0.25) is 0 Å². The fraction of sp³-hybridized carbons (Fsp3) is 0.500. The summed E-state index contributed by atoms with van der Waals surface area (Å²) in [6, 6.07) is 5.91. The van der Waals surface area contributed by atoms with Crippen molar-refractivity contribution in [2.24, 2.45) is 0 Å². The van der Waals surface area contributed by atoms with E-state index in [1.54, 1.807) is 0 Å². The number of halogens is 1. The Bertz CT molecular complexity index is 302. The number of benzene rings is 1. The molecule has 1 aromatic carbocycles. The van der Waals surface area contributed by atoms with Gasteiger partial charge in [-0.1, -0.05) is 31.0 Å². The van der Waals surface area contributed by atoms with E-state index in [0.29, 0.717) is 5.02 Å². The van der Waals surface area contributed by atoms with Gasteiger partial charge >= 0.3 is 0 Å². The molecule has 0 atom stereocenters. The van der Waals surface area contributed by atoms with E-state index in [2.05, 4.69) is 12.2 Å². The van der Waals surface area contributed by atoms with Crippen LogP contribution in [-0.4, -0.2) is 13.7 Å². The quantitative estimate of drug-likeness (QED) is 0.754. The van der Waals surface area contributed by atoms with Gasteiger partial charge in [0.2, 0.25) is 0 Å². The van der Waals surface area contributed by atoms with Crippen molar-refractivity contribution < 1.29 is 4.74 Å². The second-order valence-corrected chi connectivity index (χ2v) is 3.90. The van der Waals surface area contributed by atoms with E-state index in [4.69, 9.17) is 16.3 Å². The van der Waals surface area contributed by atoms with E-state index in [1.165, 1.54) is 5.56 Å². The smallest absolute Gasteiger partial charge is 0.137 e. The summed E-state index contributed by atoms with van der Waals surface area (Å²) < 4.78 is 5.56. The van der Waals surface area contributed by atoms with Gasteiger partial charge in [0.15, 0.2) is 0 Å². The van der Waals surface area contributed by atoms with Crippen molar-refractivity contribution in [2.75, 3.05) is 13.7 Å². The molecule has 0 aromatic heterocycles. The van der Waals surface area contributed by atoms with Crippen LogP contribution in [0.1, 0.15) is 25.3 Å². The third-order valence-electron chi connectivity index (χ3n) is 2.13. The van der Waals surface area contributed by atoms with Gasteiger partial charge in [-0.15, -0.1) is 0 Å². The highest BCUT2D eigenvalue weighted by atomic mass is 35.5. The number of hydrogen-bond acceptors (Lipinski definition) is 2. The minimum absolute atomic E-state index is 0.693. The van der Waals surface area contributed by atoms with Crippen molar-refractivity contribution in [3.05, 3.63) is 28.8 Å². The van der Waals surface area contributed by atoms with Crippen molar-refractivity contribution in [3.63, 3.8) is 0 Å². The average Bonchev–Trinajstić information content (AvgIpc) is 2.22. The Morgan fingerprint density at radius 2 is 2.20 bits per heavy atom. The van der Waals surface area contributed by atoms with Gasteiger partial charge in [-0.25, -0.2) is 0 Å². The standard InChI is InChI=1S/C12H18ClNO/c1-3-4-7-15-12-6-5-10(9-14-2)8-11(12)13/h5-6,8,14H,3-4,7,9H2,1-2H3. The highest BCUT2D eigenvalue weighted by molar-refractivity contribution is 6.32. The molecule has 0 bridgehead atoms. The van der Waals surface area contributed by atoms with E-state index < -0.39 is 0 Å². The summed E-state index contributed by atoms with van der Waals surface area (Å²) in [7, 11) is 1.92. The molecule has 2 nitrogen and oxygen atoms in total. The zero-order chi connectivity index (χ0) is 11.1. The minimum Gasteiger partial charge on any atom is -0.492 e. The number of rotatable bonds is 6. The third kappa shape index (κ3) is 4.10. The lowest BCUT2D eigenvalue weighted by atomic mass is 10.2. The number of unbranched alkanes of at least 4 members (excludes halogenated alkanes) is 1. The SMILES string of the molecule is CCCCOc1ccc(CNC)cc1Cl. The molecule has 0 radical (unpaired) electrons. The van der Waals surface area contributed by atoms with E-state index in [-0.39, 0.29) is 0 Å². The summed E-state index contributed by atoms with van der Waals surface area (Å²) in [6.07, 6.45) is 2.20. The maximum atomic E-state index is 6.09. The van der Waals surface area contributed by atoms with Crippen LogP contribution in [0.15, 0.2) is 18.2 Å². The topological polar surface area (TPSA) is 21.3 Å².